The van der Waals surface area contributed by atoms with Crippen molar-refractivity contribution in [3.63, 3.8) is 0 Å². The number of amidine groups is 1. The van der Waals surface area contributed by atoms with Crippen LogP contribution >= 0.6 is 11.3 Å². The van der Waals surface area contributed by atoms with Gasteiger partial charge in [-0.3, -0.25) is 0 Å². The maximum Gasteiger partial charge on any atom is 0.290 e. The van der Waals surface area contributed by atoms with Gasteiger partial charge in [-0.25, -0.2) is 19.9 Å². The van der Waals surface area contributed by atoms with Crippen molar-refractivity contribution in [2.75, 3.05) is 30.5 Å². The molecule has 0 amide bonds. The summed E-state index contributed by atoms with van der Waals surface area (Å²) in [4.78, 5) is 17.3. The van der Waals surface area contributed by atoms with Gasteiger partial charge in [0.25, 0.3) is 6.02 Å². The molecular weight excluding hydrogens is 468 g/mol. The maximum atomic E-state index is 9.52. The lowest BCUT2D eigenvalue weighted by Gasteiger charge is -2.16. The summed E-state index contributed by atoms with van der Waals surface area (Å²) in [6.07, 6.45) is 3.28. The minimum atomic E-state index is -1.02. The van der Waals surface area contributed by atoms with E-state index in [9.17, 15) is 10.2 Å². The molecule has 35 heavy (non-hydrogen) atoms. The highest BCUT2D eigenvalue weighted by molar-refractivity contribution is 7.09. The molecule has 10 nitrogen and oxygen atoms in total. The fourth-order valence-corrected chi connectivity index (χ4v) is 4.13. The van der Waals surface area contributed by atoms with Crippen molar-refractivity contribution in [1.82, 2.24) is 15.0 Å². The van der Waals surface area contributed by atoms with Crippen molar-refractivity contribution < 1.29 is 19.7 Å². The molecule has 3 heterocycles. The van der Waals surface area contributed by atoms with Crippen LogP contribution < -0.4 is 15.4 Å². The van der Waals surface area contributed by atoms with Crippen molar-refractivity contribution in [3.05, 3.63) is 64.9 Å². The van der Waals surface area contributed by atoms with E-state index < -0.39 is 5.54 Å². The van der Waals surface area contributed by atoms with E-state index in [1.807, 2.05) is 48.7 Å². The molecule has 0 aliphatic carbocycles. The van der Waals surface area contributed by atoms with E-state index in [4.69, 9.17) is 9.47 Å². The first-order chi connectivity index (χ1) is 17.1. The largest absolute Gasteiger partial charge is 0.486 e. The summed E-state index contributed by atoms with van der Waals surface area (Å²) in [6, 6.07) is 11.7. The molecule has 180 valence electrons. The second kappa shape index (κ2) is 9.82. The normalized spacial score (nSPS) is 14.4. The van der Waals surface area contributed by atoms with Crippen molar-refractivity contribution in [1.29, 1.82) is 0 Å². The lowest BCUT2D eigenvalue weighted by Crippen LogP contribution is -2.37. The standard InChI is InChI=1S/C24H24N6O4S/c1-15-8-16(3-5-20(15)33-10-21-25-6-7-35-21)28-22-18-9-17(2-4-19(18)26-14-27-22)29-23-30-24(11-31,12-32)13-34-23/h2-9,14,31-32H,10-13H2,1H3,(H,29,30)(H,26,27,28). The predicted molar refractivity (Wildman–Crippen MR) is 134 cm³/mol. The van der Waals surface area contributed by atoms with Crippen LogP contribution in [0.3, 0.4) is 0 Å². The third-order valence-corrected chi connectivity index (χ3v) is 6.32. The van der Waals surface area contributed by atoms with Gasteiger partial charge in [0.15, 0.2) is 0 Å². The Hall–Kier alpha value is -3.80. The number of thiazole rings is 1. The smallest absolute Gasteiger partial charge is 0.290 e. The summed E-state index contributed by atoms with van der Waals surface area (Å²) in [6.45, 7) is 1.92. The number of aryl methyl sites for hydroxylation is 1. The zero-order chi connectivity index (χ0) is 24.3. The number of aliphatic hydroxyl groups excluding tert-OH is 2. The summed E-state index contributed by atoms with van der Waals surface area (Å²) < 4.78 is 11.4. The van der Waals surface area contributed by atoms with Gasteiger partial charge in [0.05, 0.1) is 18.7 Å². The third-order valence-electron chi connectivity index (χ3n) is 5.56. The Morgan fingerprint density at radius 2 is 1.89 bits per heavy atom. The van der Waals surface area contributed by atoms with E-state index in [2.05, 4.69) is 30.6 Å². The van der Waals surface area contributed by atoms with Crippen LogP contribution in [0.4, 0.5) is 17.2 Å². The summed E-state index contributed by atoms with van der Waals surface area (Å²) in [5.74, 6) is 1.44. The van der Waals surface area contributed by atoms with Crippen LogP contribution in [0.5, 0.6) is 5.75 Å². The minimum Gasteiger partial charge on any atom is -0.486 e. The molecule has 0 bridgehead atoms. The van der Waals surface area contributed by atoms with E-state index >= 15 is 0 Å². The monoisotopic (exact) mass is 492 g/mol. The van der Waals surface area contributed by atoms with Gasteiger partial charge in [0, 0.05) is 28.3 Å². The Kier molecular flexibility index (Phi) is 6.45. The number of fused-ring (bicyclic) bond motifs is 1. The molecular formula is C24H24N6O4S. The predicted octanol–water partition coefficient (Wildman–Crippen LogP) is 3.24. The van der Waals surface area contributed by atoms with E-state index in [-0.39, 0.29) is 25.8 Å². The average Bonchev–Trinajstić information content (AvgIpc) is 3.54. The summed E-state index contributed by atoms with van der Waals surface area (Å²) in [5.41, 5.74) is 2.30. The summed E-state index contributed by atoms with van der Waals surface area (Å²) >= 11 is 1.56. The van der Waals surface area contributed by atoms with Crippen molar-refractivity contribution in [2.45, 2.75) is 19.1 Å². The lowest BCUT2D eigenvalue weighted by atomic mass is 10.1. The molecule has 0 radical (unpaired) electrons. The van der Waals surface area contributed by atoms with E-state index in [1.54, 1.807) is 17.5 Å². The number of hydrogen-bond acceptors (Lipinski definition) is 11. The Morgan fingerprint density at radius 1 is 1.06 bits per heavy atom. The first kappa shape index (κ1) is 23.0. The number of aliphatic hydroxyl groups is 2. The molecule has 0 saturated heterocycles. The Morgan fingerprint density at radius 3 is 2.63 bits per heavy atom. The van der Waals surface area contributed by atoms with Gasteiger partial charge < -0.3 is 30.3 Å². The fraction of sp³-hybridized carbons (Fsp3) is 0.250. The summed E-state index contributed by atoms with van der Waals surface area (Å²) in [5, 5.41) is 29.1. The number of hydrogen-bond donors (Lipinski definition) is 4. The van der Waals surface area contributed by atoms with E-state index in [0.29, 0.717) is 18.1 Å². The molecule has 0 saturated carbocycles. The topological polar surface area (TPSA) is 134 Å². The number of aliphatic imine (C=N–C) groups is 1. The highest BCUT2D eigenvalue weighted by Crippen LogP contribution is 2.29. The second-order valence-corrected chi connectivity index (χ2v) is 9.12. The van der Waals surface area contributed by atoms with Gasteiger partial charge in [-0.05, 0) is 48.9 Å². The molecule has 2 aromatic heterocycles. The third kappa shape index (κ3) is 5.02. The van der Waals surface area contributed by atoms with Crippen LogP contribution in [0.1, 0.15) is 10.6 Å². The molecule has 0 spiro atoms. The number of nitrogens with one attached hydrogen (secondary N) is 2. The van der Waals surface area contributed by atoms with E-state index in [0.717, 1.165) is 32.9 Å². The molecule has 1 aliphatic heterocycles. The molecule has 5 rings (SSSR count). The minimum absolute atomic E-state index is 0.106. The number of nitrogens with zero attached hydrogens (tertiary/aromatic N) is 4. The van der Waals surface area contributed by atoms with Gasteiger partial charge >= 0.3 is 0 Å². The number of rotatable bonds is 8. The lowest BCUT2D eigenvalue weighted by molar-refractivity contribution is 0.0976. The number of ether oxygens (including phenoxy) is 2. The van der Waals surface area contributed by atoms with Crippen molar-refractivity contribution >= 4 is 45.5 Å². The highest BCUT2D eigenvalue weighted by atomic mass is 32.1. The SMILES string of the molecule is Cc1cc(Nc2ncnc3ccc(NC4=NC(CO)(CO)CO4)cc23)ccc1OCc1nccs1. The van der Waals surface area contributed by atoms with Crippen molar-refractivity contribution in [3.8, 4) is 5.75 Å². The number of benzene rings is 2. The quantitative estimate of drug-likeness (QED) is 0.292. The first-order valence-corrected chi connectivity index (χ1v) is 11.8. The molecule has 0 unspecified atom stereocenters. The Labute approximate surface area is 205 Å². The zero-order valence-corrected chi connectivity index (χ0v) is 19.7. The number of anilines is 3. The second-order valence-electron chi connectivity index (χ2n) is 8.15. The van der Waals surface area contributed by atoms with E-state index in [1.165, 1.54) is 6.33 Å². The number of aromatic nitrogens is 3. The van der Waals surface area contributed by atoms with Gasteiger partial charge in [-0.1, -0.05) is 0 Å². The van der Waals surface area contributed by atoms with Crippen LogP contribution in [0.2, 0.25) is 0 Å². The maximum absolute atomic E-state index is 9.52. The van der Waals surface area contributed by atoms with Gasteiger partial charge in [0.2, 0.25) is 0 Å². The summed E-state index contributed by atoms with van der Waals surface area (Å²) in [7, 11) is 0. The molecule has 4 N–H and O–H groups in total. The molecule has 4 aromatic rings. The van der Waals surface area contributed by atoms with Crippen LogP contribution in [0.25, 0.3) is 10.9 Å². The molecule has 1 aliphatic rings. The van der Waals surface area contributed by atoms with Crippen molar-refractivity contribution in [2.24, 2.45) is 4.99 Å². The molecule has 2 aromatic carbocycles. The molecule has 11 heteroatoms. The van der Waals surface area contributed by atoms with Crippen LogP contribution in [-0.2, 0) is 11.3 Å². The van der Waals surface area contributed by atoms with Gasteiger partial charge in [-0.2, -0.15) is 0 Å². The van der Waals surface area contributed by atoms with Crippen LogP contribution in [-0.4, -0.2) is 56.5 Å². The van der Waals surface area contributed by atoms with Crippen LogP contribution in [0.15, 0.2) is 59.3 Å². The van der Waals surface area contributed by atoms with Crippen LogP contribution in [0, 0.1) is 6.92 Å². The zero-order valence-electron chi connectivity index (χ0n) is 18.9. The van der Waals surface area contributed by atoms with Gasteiger partial charge in [0.1, 0.15) is 41.7 Å². The highest BCUT2D eigenvalue weighted by Gasteiger charge is 2.35. The Balaban J connectivity index is 1.34. The molecule has 0 atom stereocenters. The average molecular weight is 493 g/mol. The van der Waals surface area contributed by atoms with Gasteiger partial charge in [-0.15, -0.1) is 11.3 Å². The Bertz CT molecular complexity index is 1360. The fourth-order valence-electron chi connectivity index (χ4n) is 3.61. The molecule has 0 fully saturated rings. The first-order valence-electron chi connectivity index (χ1n) is 10.9.